The van der Waals surface area contributed by atoms with Crippen LogP contribution in [0.4, 0.5) is 26.3 Å². The molecule has 0 aliphatic heterocycles. The smallest absolute Gasteiger partial charge is 0.426 e. The van der Waals surface area contributed by atoms with E-state index in [1.54, 1.807) is 12.1 Å². The van der Waals surface area contributed by atoms with E-state index < -0.39 is 45.7 Å². The van der Waals surface area contributed by atoms with E-state index in [-0.39, 0.29) is 16.7 Å². The van der Waals surface area contributed by atoms with Gasteiger partial charge in [-0.1, -0.05) is 79.9 Å². The van der Waals surface area contributed by atoms with Crippen molar-refractivity contribution in [1.29, 1.82) is 0 Å². The summed E-state index contributed by atoms with van der Waals surface area (Å²) in [4.78, 5) is 0. The molecule has 0 aliphatic carbocycles. The third-order valence-corrected chi connectivity index (χ3v) is 7.70. The molecule has 0 saturated carbocycles. The molecular weight excluding hydrogens is 598 g/mol. The van der Waals surface area contributed by atoms with Gasteiger partial charge in [0.1, 0.15) is 34.0 Å². The fraction of sp³-hybridized carbons (Fsp3) is 0.167. The van der Waals surface area contributed by atoms with Gasteiger partial charge in [-0.15, -0.1) is 0 Å². The Labute approximate surface area is 256 Å². The van der Waals surface area contributed by atoms with Gasteiger partial charge in [-0.2, -0.15) is 8.78 Å². The van der Waals surface area contributed by atoms with Crippen molar-refractivity contribution in [3.05, 3.63) is 136 Å². The Hall–Kier alpha value is -4.23. The van der Waals surface area contributed by atoms with Gasteiger partial charge in [0.05, 0.1) is 5.56 Å². The van der Waals surface area contributed by atoms with E-state index in [1.165, 1.54) is 30.2 Å². The molecule has 0 saturated heterocycles. The zero-order valence-electron chi connectivity index (χ0n) is 23.6. The van der Waals surface area contributed by atoms with E-state index in [0.29, 0.717) is 17.2 Å². The normalized spacial score (nSPS) is 11.5. The van der Waals surface area contributed by atoms with Crippen LogP contribution in [0.1, 0.15) is 37.3 Å². The first-order chi connectivity index (χ1) is 21.1. The van der Waals surface area contributed by atoms with Crippen molar-refractivity contribution < 1.29 is 31.1 Å². The molecule has 5 aromatic carbocycles. The maximum atomic E-state index is 15.1. The van der Waals surface area contributed by atoms with Crippen LogP contribution in [0.5, 0.6) is 5.75 Å². The second-order valence-corrected chi connectivity index (χ2v) is 10.8. The maximum absolute atomic E-state index is 15.1. The van der Waals surface area contributed by atoms with Crippen molar-refractivity contribution in [3.8, 4) is 39.1 Å². The van der Waals surface area contributed by atoms with Crippen molar-refractivity contribution in [1.82, 2.24) is 0 Å². The third-order valence-electron chi connectivity index (χ3n) is 7.34. The van der Waals surface area contributed by atoms with E-state index in [1.807, 2.05) is 24.3 Å². The molecule has 0 bridgehead atoms. The molecule has 0 heterocycles. The average molecular weight is 625 g/mol. The Bertz CT molecular complexity index is 1740. The Morgan fingerprint density at radius 3 is 1.75 bits per heavy atom. The van der Waals surface area contributed by atoms with Crippen LogP contribution in [0.2, 0.25) is 5.02 Å². The first-order valence-electron chi connectivity index (χ1n) is 14.1. The Morgan fingerprint density at radius 2 is 1.14 bits per heavy atom. The first kappa shape index (κ1) is 31.2. The maximum Gasteiger partial charge on any atom is 0.426 e. The minimum absolute atomic E-state index is 0.160. The van der Waals surface area contributed by atoms with E-state index in [0.717, 1.165) is 61.2 Å². The number of halogens is 7. The third kappa shape index (κ3) is 6.94. The van der Waals surface area contributed by atoms with Gasteiger partial charge >= 0.3 is 6.11 Å². The molecule has 5 rings (SSSR count). The summed E-state index contributed by atoms with van der Waals surface area (Å²) in [5.41, 5.74) is 2.51. The highest BCUT2D eigenvalue weighted by molar-refractivity contribution is 6.31. The lowest BCUT2D eigenvalue weighted by Gasteiger charge is -2.19. The minimum atomic E-state index is -3.87. The standard InChI is InChI=1S/C36H27ClF6O/c1-2-3-4-5-22-6-8-23(9-7-22)25-12-16-29(31(38)18-25)24-10-13-27(14-11-24)36(42,43)44-28-15-17-30(32(39)21-28)26-19-33(40)35(37)34(41)20-26/h6-21H,2-5H2,1H3. The lowest BCUT2D eigenvalue weighted by Crippen LogP contribution is -2.21. The van der Waals surface area contributed by atoms with Gasteiger partial charge in [0.15, 0.2) is 0 Å². The molecule has 0 amide bonds. The van der Waals surface area contributed by atoms with Gasteiger partial charge in [-0.05, 0) is 83.1 Å². The van der Waals surface area contributed by atoms with E-state index in [2.05, 4.69) is 6.92 Å². The van der Waals surface area contributed by atoms with Gasteiger partial charge in [-0.3, -0.25) is 0 Å². The molecule has 0 N–H and O–H groups in total. The highest BCUT2D eigenvalue weighted by Gasteiger charge is 2.35. The predicted molar refractivity (Wildman–Crippen MR) is 162 cm³/mol. The Kier molecular flexibility index (Phi) is 9.35. The molecule has 5 aromatic rings. The van der Waals surface area contributed by atoms with Gasteiger partial charge in [0.2, 0.25) is 0 Å². The van der Waals surface area contributed by atoms with E-state index in [9.17, 15) is 22.0 Å². The van der Waals surface area contributed by atoms with Gasteiger partial charge in [0.25, 0.3) is 0 Å². The van der Waals surface area contributed by atoms with Gasteiger partial charge in [-0.25, -0.2) is 17.6 Å². The molecule has 44 heavy (non-hydrogen) atoms. The molecule has 0 radical (unpaired) electrons. The van der Waals surface area contributed by atoms with Crippen LogP contribution in [-0.2, 0) is 12.5 Å². The van der Waals surface area contributed by atoms with Crippen LogP contribution in [0.25, 0.3) is 33.4 Å². The van der Waals surface area contributed by atoms with Gasteiger partial charge in [0, 0.05) is 17.2 Å². The molecular formula is C36H27ClF6O. The Balaban J connectivity index is 1.29. The molecule has 0 aliphatic rings. The summed E-state index contributed by atoms with van der Waals surface area (Å²) < 4.78 is 92.2. The number of alkyl halides is 2. The molecule has 226 valence electrons. The predicted octanol–water partition coefficient (Wildman–Crippen LogP) is 11.8. The summed E-state index contributed by atoms with van der Waals surface area (Å²) in [6.45, 7) is 2.16. The number of rotatable bonds is 10. The van der Waals surface area contributed by atoms with E-state index >= 15 is 4.39 Å². The first-order valence-corrected chi connectivity index (χ1v) is 14.4. The Morgan fingerprint density at radius 1 is 0.591 bits per heavy atom. The largest absolute Gasteiger partial charge is 0.429 e. The second-order valence-electron chi connectivity index (χ2n) is 10.4. The monoisotopic (exact) mass is 624 g/mol. The van der Waals surface area contributed by atoms with Crippen LogP contribution in [0.3, 0.4) is 0 Å². The number of ether oxygens (including phenoxy) is 1. The fourth-order valence-corrected chi connectivity index (χ4v) is 5.04. The van der Waals surface area contributed by atoms with Crippen LogP contribution in [-0.4, -0.2) is 0 Å². The van der Waals surface area contributed by atoms with Crippen molar-refractivity contribution in [3.63, 3.8) is 0 Å². The zero-order valence-corrected chi connectivity index (χ0v) is 24.4. The molecule has 0 fully saturated rings. The number of aryl methyl sites for hydroxylation is 1. The molecule has 0 spiro atoms. The number of hydrogen-bond donors (Lipinski definition) is 0. The second kappa shape index (κ2) is 13.2. The van der Waals surface area contributed by atoms with Crippen LogP contribution < -0.4 is 4.74 Å². The summed E-state index contributed by atoms with van der Waals surface area (Å²) in [5, 5.41) is -0.738. The number of unbranched alkanes of at least 4 members (excludes halogenated alkanes) is 2. The molecule has 0 unspecified atom stereocenters. The van der Waals surface area contributed by atoms with Crippen LogP contribution in [0, 0.1) is 23.3 Å². The summed E-state index contributed by atoms with van der Waals surface area (Å²) in [6.07, 6.45) is 0.587. The van der Waals surface area contributed by atoms with Gasteiger partial charge < -0.3 is 4.74 Å². The topological polar surface area (TPSA) is 9.23 Å². The molecule has 0 aromatic heterocycles. The quantitative estimate of drug-likeness (QED) is 0.0853. The van der Waals surface area contributed by atoms with Crippen molar-refractivity contribution >= 4 is 11.6 Å². The SMILES string of the molecule is CCCCCc1ccc(-c2ccc(-c3ccc(C(F)(F)Oc4ccc(-c5cc(F)c(Cl)c(F)c5)c(F)c4)cc3)c(F)c2)cc1. The molecule has 8 heteroatoms. The lowest BCUT2D eigenvalue weighted by molar-refractivity contribution is -0.185. The summed E-state index contributed by atoms with van der Waals surface area (Å²) in [7, 11) is 0. The van der Waals surface area contributed by atoms with E-state index in [4.69, 9.17) is 16.3 Å². The molecule has 1 nitrogen and oxygen atoms in total. The van der Waals surface area contributed by atoms with Crippen molar-refractivity contribution in [2.45, 2.75) is 38.7 Å². The fourth-order valence-electron chi connectivity index (χ4n) is 4.93. The highest BCUT2D eigenvalue weighted by Crippen LogP contribution is 2.36. The van der Waals surface area contributed by atoms with Crippen molar-refractivity contribution in [2.24, 2.45) is 0 Å². The number of hydrogen-bond acceptors (Lipinski definition) is 1. The average Bonchev–Trinajstić information content (AvgIpc) is 3.00. The number of benzene rings is 5. The van der Waals surface area contributed by atoms with Crippen LogP contribution >= 0.6 is 11.6 Å². The van der Waals surface area contributed by atoms with Crippen LogP contribution in [0.15, 0.2) is 97.1 Å². The summed E-state index contributed by atoms with van der Waals surface area (Å²) in [6, 6.07) is 22.2. The van der Waals surface area contributed by atoms with Crippen molar-refractivity contribution in [2.75, 3.05) is 0 Å². The summed E-state index contributed by atoms with van der Waals surface area (Å²) >= 11 is 5.47. The molecule has 0 atom stereocenters. The minimum Gasteiger partial charge on any atom is -0.429 e. The zero-order chi connectivity index (χ0) is 31.4. The summed E-state index contributed by atoms with van der Waals surface area (Å²) in [5.74, 6) is -4.21. The highest BCUT2D eigenvalue weighted by atomic mass is 35.5. The lowest BCUT2D eigenvalue weighted by atomic mass is 9.97.